The van der Waals surface area contributed by atoms with Crippen LogP contribution in [-0.4, -0.2) is 32.8 Å². The highest BCUT2D eigenvalue weighted by atomic mass is 15.3. The molecule has 2 heterocycles. The number of hydrogen-bond donors (Lipinski definition) is 1. The van der Waals surface area contributed by atoms with Crippen molar-refractivity contribution in [3.63, 3.8) is 0 Å². The lowest BCUT2D eigenvalue weighted by molar-refractivity contribution is 0.636. The summed E-state index contributed by atoms with van der Waals surface area (Å²) in [6.45, 7) is 14.6. The van der Waals surface area contributed by atoms with Crippen LogP contribution in [0.15, 0.2) is 12.1 Å². The molecule has 0 spiro atoms. The predicted octanol–water partition coefficient (Wildman–Crippen LogP) is 4.29. The van der Waals surface area contributed by atoms with Crippen molar-refractivity contribution >= 4 is 11.0 Å². The first kappa shape index (κ1) is 19.5. The van der Waals surface area contributed by atoms with Crippen LogP contribution in [0.5, 0.6) is 0 Å². The minimum atomic E-state index is 0.801. The quantitative estimate of drug-likeness (QED) is 0.635. The van der Waals surface area contributed by atoms with E-state index in [1.807, 2.05) is 11.6 Å². The van der Waals surface area contributed by atoms with Crippen LogP contribution >= 0.6 is 0 Å². The molecule has 2 aromatic heterocycles. The third kappa shape index (κ3) is 4.03. The van der Waals surface area contributed by atoms with E-state index in [4.69, 9.17) is 15.1 Å². The zero-order valence-corrected chi connectivity index (χ0v) is 17.5. The highest BCUT2D eigenvalue weighted by molar-refractivity contribution is 5.82. The summed E-state index contributed by atoms with van der Waals surface area (Å²) in [6.07, 6.45) is 3.31. The summed E-state index contributed by atoms with van der Waals surface area (Å²) in [6, 6.07) is 4.41. The average molecular weight is 366 g/mol. The molecule has 1 N–H and O–H groups in total. The van der Waals surface area contributed by atoms with Crippen LogP contribution in [0.3, 0.4) is 0 Å². The second-order valence-corrected chi connectivity index (χ2v) is 7.51. The Morgan fingerprint density at radius 3 is 2.33 bits per heavy atom. The second kappa shape index (κ2) is 8.17. The minimum Gasteiger partial charge on any atom is -0.316 e. The number of fused-ring (bicyclic) bond motifs is 1. The van der Waals surface area contributed by atoms with Crippen molar-refractivity contribution in [3.05, 3.63) is 46.0 Å². The van der Waals surface area contributed by atoms with Gasteiger partial charge in [-0.25, -0.2) is 14.6 Å². The lowest BCUT2D eigenvalue weighted by atomic mass is 10.1. The van der Waals surface area contributed by atoms with Gasteiger partial charge in [0.15, 0.2) is 5.65 Å². The number of nitrogens with one attached hydrogen (secondary N) is 1. The van der Waals surface area contributed by atoms with E-state index in [1.165, 1.54) is 29.5 Å². The predicted molar refractivity (Wildman–Crippen MR) is 112 cm³/mol. The standard InChI is InChI=1S/C22H31N5/c1-7-8-10-23-11-9-19-20-17(5)26-27(22(20)25-18(6)24-19)21-15(3)12-14(2)13-16(21)4/h12-13,23H,7-11H2,1-6H3. The normalized spacial score (nSPS) is 11.5. The van der Waals surface area contributed by atoms with Crippen LogP contribution in [0.25, 0.3) is 16.7 Å². The molecule has 3 aromatic rings. The average Bonchev–Trinajstić information content (AvgIpc) is 2.90. The third-order valence-electron chi connectivity index (χ3n) is 4.98. The van der Waals surface area contributed by atoms with Crippen LogP contribution in [0, 0.1) is 34.6 Å². The molecule has 0 aliphatic heterocycles. The van der Waals surface area contributed by atoms with Gasteiger partial charge in [-0.05, 0) is 58.7 Å². The van der Waals surface area contributed by atoms with Gasteiger partial charge in [0.05, 0.1) is 22.5 Å². The van der Waals surface area contributed by atoms with Crippen molar-refractivity contribution in [3.8, 4) is 5.69 Å². The Morgan fingerprint density at radius 2 is 1.67 bits per heavy atom. The molecule has 0 radical (unpaired) electrons. The Labute approximate surface area is 162 Å². The number of rotatable bonds is 7. The molecule has 0 aliphatic rings. The fraction of sp³-hybridized carbons (Fsp3) is 0.500. The maximum Gasteiger partial charge on any atom is 0.167 e. The fourth-order valence-corrected chi connectivity index (χ4v) is 3.86. The largest absolute Gasteiger partial charge is 0.316 e. The molecule has 0 bridgehead atoms. The number of hydrogen-bond acceptors (Lipinski definition) is 4. The zero-order valence-electron chi connectivity index (χ0n) is 17.5. The summed E-state index contributed by atoms with van der Waals surface area (Å²) in [5, 5.41) is 9.47. The van der Waals surface area contributed by atoms with E-state index in [9.17, 15) is 0 Å². The number of nitrogens with zero attached hydrogens (tertiary/aromatic N) is 4. The lowest BCUT2D eigenvalue weighted by Crippen LogP contribution is -2.19. The van der Waals surface area contributed by atoms with Crippen molar-refractivity contribution in [2.45, 2.75) is 60.8 Å². The highest BCUT2D eigenvalue weighted by Crippen LogP contribution is 2.27. The topological polar surface area (TPSA) is 55.6 Å². The maximum atomic E-state index is 4.86. The van der Waals surface area contributed by atoms with Crippen LogP contribution in [-0.2, 0) is 6.42 Å². The van der Waals surface area contributed by atoms with E-state index in [-0.39, 0.29) is 0 Å². The van der Waals surface area contributed by atoms with E-state index < -0.39 is 0 Å². The van der Waals surface area contributed by atoms with Crippen molar-refractivity contribution < 1.29 is 0 Å². The Hall–Kier alpha value is -2.27. The van der Waals surface area contributed by atoms with Crippen molar-refractivity contribution in [2.24, 2.45) is 0 Å². The molecule has 144 valence electrons. The molecule has 0 saturated carbocycles. The molecule has 0 aliphatic carbocycles. The second-order valence-electron chi connectivity index (χ2n) is 7.51. The number of aryl methyl sites for hydroxylation is 5. The molecule has 3 rings (SSSR count). The van der Waals surface area contributed by atoms with Gasteiger partial charge in [0, 0.05) is 13.0 Å². The van der Waals surface area contributed by atoms with Crippen LogP contribution < -0.4 is 5.32 Å². The zero-order chi connectivity index (χ0) is 19.6. The Balaban J connectivity index is 2.05. The fourth-order valence-electron chi connectivity index (χ4n) is 3.86. The Kier molecular flexibility index (Phi) is 5.90. The van der Waals surface area contributed by atoms with Crippen LogP contribution in [0.2, 0.25) is 0 Å². The summed E-state index contributed by atoms with van der Waals surface area (Å²) >= 11 is 0. The van der Waals surface area contributed by atoms with E-state index in [1.54, 1.807) is 0 Å². The molecule has 0 unspecified atom stereocenters. The molecular weight excluding hydrogens is 334 g/mol. The van der Waals surface area contributed by atoms with Gasteiger partial charge in [-0.15, -0.1) is 0 Å². The van der Waals surface area contributed by atoms with Gasteiger partial charge in [-0.2, -0.15) is 5.10 Å². The summed E-state index contributed by atoms with van der Waals surface area (Å²) in [4.78, 5) is 9.51. The SMILES string of the molecule is CCCCNCCc1nc(C)nc2c1c(C)nn2-c1c(C)cc(C)cc1C. The van der Waals surface area contributed by atoms with E-state index in [0.29, 0.717) is 0 Å². The van der Waals surface area contributed by atoms with Crippen LogP contribution in [0.4, 0.5) is 0 Å². The molecule has 5 heteroatoms. The number of benzene rings is 1. The van der Waals surface area contributed by atoms with Gasteiger partial charge in [-0.1, -0.05) is 31.0 Å². The lowest BCUT2D eigenvalue weighted by Gasteiger charge is -2.12. The van der Waals surface area contributed by atoms with Crippen molar-refractivity contribution in [1.82, 2.24) is 25.1 Å². The van der Waals surface area contributed by atoms with Crippen molar-refractivity contribution in [2.75, 3.05) is 13.1 Å². The van der Waals surface area contributed by atoms with Crippen LogP contribution in [0.1, 0.15) is 53.7 Å². The third-order valence-corrected chi connectivity index (χ3v) is 4.98. The van der Waals surface area contributed by atoms with Gasteiger partial charge >= 0.3 is 0 Å². The first-order valence-corrected chi connectivity index (χ1v) is 9.94. The molecular formula is C22H31N5. The van der Waals surface area contributed by atoms with Gasteiger partial charge in [0.1, 0.15) is 5.82 Å². The monoisotopic (exact) mass is 365 g/mol. The number of unbranched alkanes of at least 4 members (excludes halogenated alkanes) is 1. The highest BCUT2D eigenvalue weighted by Gasteiger charge is 2.18. The Bertz CT molecular complexity index is 932. The molecule has 0 saturated heterocycles. The van der Waals surface area contributed by atoms with Gasteiger partial charge in [0.25, 0.3) is 0 Å². The van der Waals surface area contributed by atoms with Gasteiger partial charge < -0.3 is 5.32 Å². The van der Waals surface area contributed by atoms with Gasteiger partial charge in [-0.3, -0.25) is 0 Å². The Morgan fingerprint density at radius 1 is 0.963 bits per heavy atom. The van der Waals surface area contributed by atoms with E-state index in [2.05, 4.69) is 52.1 Å². The minimum absolute atomic E-state index is 0.801. The first-order valence-electron chi connectivity index (χ1n) is 9.94. The molecule has 1 aromatic carbocycles. The summed E-state index contributed by atoms with van der Waals surface area (Å²) in [5.74, 6) is 0.801. The van der Waals surface area contributed by atoms with E-state index >= 15 is 0 Å². The molecule has 27 heavy (non-hydrogen) atoms. The molecule has 0 fully saturated rings. The smallest absolute Gasteiger partial charge is 0.167 e. The van der Waals surface area contributed by atoms with E-state index in [0.717, 1.165) is 53.4 Å². The van der Waals surface area contributed by atoms with Gasteiger partial charge in [0.2, 0.25) is 0 Å². The first-order chi connectivity index (χ1) is 12.9. The maximum absolute atomic E-state index is 4.86. The molecule has 5 nitrogen and oxygen atoms in total. The number of aromatic nitrogens is 4. The summed E-state index contributed by atoms with van der Waals surface area (Å²) in [7, 11) is 0. The summed E-state index contributed by atoms with van der Waals surface area (Å²) in [5.41, 5.74) is 7.83. The molecule has 0 atom stereocenters. The summed E-state index contributed by atoms with van der Waals surface area (Å²) < 4.78 is 2.01. The van der Waals surface area contributed by atoms with Crippen molar-refractivity contribution in [1.29, 1.82) is 0 Å². The molecule has 0 amide bonds.